The lowest BCUT2D eigenvalue weighted by Crippen LogP contribution is -2.18. The lowest BCUT2D eigenvalue weighted by Gasteiger charge is -2.22. The van der Waals surface area contributed by atoms with Crippen LogP contribution in [-0.4, -0.2) is 0 Å². The van der Waals surface area contributed by atoms with E-state index in [0.29, 0.717) is 5.92 Å². The van der Waals surface area contributed by atoms with Gasteiger partial charge < -0.3 is 0 Å². The van der Waals surface area contributed by atoms with Crippen LogP contribution in [0.2, 0.25) is 0 Å². The molecule has 0 heterocycles. The number of hydrogen-bond acceptors (Lipinski definition) is 1. The molecule has 0 N–H and O–H groups in total. The zero-order chi connectivity index (χ0) is 7.49. The van der Waals surface area contributed by atoms with Crippen molar-refractivity contribution in [2.24, 2.45) is 11.3 Å². The Morgan fingerprint density at radius 1 is 1.56 bits per heavy atom. The molecule has 0 spiro atoms. The Hall–Kier alpha value is -0.510. The molecule has 0 rings (SSSR count). The second kappa shape index (κ2) is 2.87. The largest absolute Gasteiger partial charge is 0.198 e. The van der Waals surface area contributed by atoms with Gasteiger partial charge >= 0.3 is 0 Å². The van der Waals surface area contributed by atoms with E-state index >= 15 is 0 Å². The average Bonchev–Trinajstić information content (AvgIpc) is 1.86. The molecule has 1 nitrogen and oxygen atoms in total. The van der Waals surface area contributed by atoms with Gasteiger partial charge in [-0.2, -0.15) is 5.26 Å². The van der Waals surface area contributed by atoms with Gasteiger partial charge in [-0.05, 0) is 19.8 Å². The quantitative estimate of drug-likeness (QED) is 0.556. The Balaban J connectivity index is 4.01. The topological polar surface area (TPSA) is 23.8 Å². The highest BCUT2D eigenvalue weighted by Gasteiger charge is 2.23. The molecule has 9 heavy (non-hydrogen) atoms. The molecule has 0 amide bonds. The van der Waals surface area contributed by atoms with Gasteiger partial charge in [-0.1, -0.05) is 20.3 Å². The lowest BCUT2D eigenvalue weighted by atomic mass is 9.80. The van der Waals surface area contributed by atoms with Crippen molar-refractivity contribution in [1.29, 1.82) is 5.26 Å². The molecule has 0 saturated carbocycles. The van der Waals surface area contributed by atoms with Crippen LogP contribution in [0.5, 0.6) is 0 Å². The second-order valence-corrected chi connectivity index (χ2v) is 3.14. The highest BCUT2D eigenvalue weighted by molar-refractivity contribution is 4.94. The van der Waals surface area contributed by atoms with Crippen molar-refractivity contribution < 1.29 is 0 Å². The summed E-state index contributed by atoms with van der Waals surface area (Å²) in [6.45, 7) is 8.20. The van der Waals surface area contributed by atoms with Crippen LogP contribution in [0.1, 0.15) is 34.1 Å². The Bertz CT molecular complexity index is 119. The summed E-state index contributed by atoms with van der Waals surface area (Å²) in [5.41, 5.74) is -0.144. The van der Waals surface area contributed by atoms with Crippen LogP contribution in [0.15, 0.2) is 0 Å². The molecular formula is C8H15N. The van der Waals surface area contributed by atoms with E-state index in [-0.39, 0.29) is 5.41 Å². The summed E-state index contributed by atoms with van der Waals surface area (Å²) in [7, 11) is 0. The van der Waals surface area contributed by atoms with E-state index in [2.05, 4.69) is 19.9 Å². The molecule has 0 aromatic rings. The summed E-state index contributed by atoms with van der Waals surface area (Å²) in [4.78, 5) is 0. The summed E-state index contributed by atoms with van der Waals surface area (Å²) in [5, 5.41) is 8.65. The molecule has 0 aromatic carbocycles. The van der Waals surface area contributed by atoms with Gasteiger partial charge in [0, 0.05) is 0 Å². The predicted octanol–water partition coefficient (Wildman–Crippen LogP) is 2.58. The van der Waals surface area contributed by atoms with E-state index in [4.69, 9.17) is 5.26 Å². The van der Waals surface area contributed by atoms with Gasteiger partial charge in [0.15, 0.2) is 0 Å². The van der Waals surface area contributed by atoms with E-state index in [1.165, 1.54) is 0 Å². The molecule has 0 aliphatic carbocycles. The lowest BCUT2D eigenvalue weighted by molar-refractivity contribution is 0.310. The predicted molar refractivity (Wildman–Crippen MR) is 38.8 cm³/mol. The molecule has 1 atom stereocenters. The Kier molecular flexibility index (Phi) is 2.70. The molecule has 0 fully saturated rings. The van der Waals surface area contributed by atoms with Crippen molar-refractivity contribution >= 4 is 0 Å². The Morgan fingerprint density at radius 2 is 2.00 bits per heavy atom. The molecule has 0 radical (unpaired) electrons. The fourth-order valence-corrected chi connectivity index (χ4v) is 0.621. The van der Waals surface area contributed by atoms with Crippen molar-refractivity contribution in [3.8, 4) is 6.07 Å². The van der Waals surface area contributed by atoms with E-state index in [9.17, 15) is 0 Å². The van der Waals surface area contributed by atoms with E-state index < -0.39 is 0 Å². The normalized spacial score (nSPS) is 14.6. The number of hydrogen-bond donors (Lipinski definition) is 0. The zero-order valence-electron chi connectivity index (χ0n) is 6.73. The van der Waals surface area contributed by atoms with Gasteiger partial charge in [-0.3, -0.25) is 0 Å². The van der Waals surface area contributed by atoms with E-state index in [1.54, 1.807) is 0 Å². The first kappa shape index (κ1) is 8.49. The Morgan fingerprint density at radius 3 is 2.11 bits per heavy atom. The third-order valence-electron chi connectivity index (χ3n) is 2.13. The molecule has 0 saturated heterocycles. The number of nitrogens with zero attached hydrogens (tertiary/aromatic N) is 1. The van der Waals surface area contributed by atoms with E-state index in [1.807, 2.05) is 13.8 Å². The molecule has 0 unspecified atom stereocenters. The maximum absolute atomic E-state index is 8.65. The summed E-state index contributed by atoms with van der Waals surface area (Å²) in [5.74, 6) is 0.502. The van der Waals surface area contributed by atoms with Gasteiger partial charge in [0.25, 0.3) is 0 Å². The highest BCUT2D eigenvalue weighted by Crippen LogP contribution is 2.27. The van der Waals surface area contributed by atoms with Crippen LogP contribution in [-0.2, 0) is 0 Å². The van der Waals surface area contributed by atoms with E-state index in [0.717, 1.165) is 6.42 Å². The van der Waals surface area contributed by atoms with Gasteiger partial charge in [-0.25, -0.2) is 0 Å². The minimum absolute atomic E-state index is 0.144. The molecule has 0 aliphatic heterocycles. The third-order valence-corrected chi connectivity index (χ3v) is 2.13. The first-order valence-electron chi connectivity index (χ1n) is 3.45. The Labute approximate surface area is 57.7 Å². The summed E-state index contributed by atoms with van der Waals surface area (Å²) < 4.78 is 0. The standard InChI is InChI=1S/C8H15N/c1-5-7(2)8(3,4)6-9/h7H,5H2,1-4H3/t7-/m0/s1. The zero-order valence-corrected chi connectivity index (χ0v) is 6.73. The van der Waals surface area contributed by atoms with Crippen LogP contribution < -0.4 is 0 Å². The SMILES string of the molecule is CC[C@H](C)C(C)(C)C#N. The first-order chi connectivity index (χ1) is 4.04. The molecule has 0 aliphatic rings. The molecular weight excluding hydrogens is 110 g/mol. The minimum atomic E-state index is -0.144. The van der Waals surface area contributed by atoms with Crippen LogP contribution in [0, 0.1) is 22.7 Å². The van der Waals surface area contributed by atoms with Crippen molar-refractivity contribution in [3.63, 3.8) is 0 Å². The number of nitriles is 1. The highest BCUT2D eigenvalue weighted by atomic mass is 14.3. The van der Waals surface area contributed by atoms with Crippen molar-refractivity contribution in [2.45, 2.75) is 34.1 Å². The van der Waals surface area contributed by atoms with Crippen LogP contribution in [0.25, 0.3) is 0 Å². The van der Waals surface area contributed by atoms with Crippen LogP contribution in [0.3, 0.4) is 0 Å². The van der Waals surface area contributed by atoms with Gasteiger partial charge in [0.1, 0.15) is 0 Å². The summed E-state index contributed by atoms with van der Waals surface area (Å²) in [6, 6.07) is 2.29. The van der Waals surface area contributed by atoms with Gasteiger partial charge in [0.05, 0.1) is 11.5 Å². The minimum Gasteiger partial charge on any atom is -0.198 e. The van der Waals surface area contributed by atoms with Crippen LogP contribution in [0.4, 0.5) is 0 Å². The van der Waals surface area contributed by atoms with Crippen LogP contribution >= 0.6 is 0 Å². The van der Waals surface area contributed by atoms with Gasteiger partial charge in [0.2, 0.25) is 0 Å². The third kappa shape index (κ3) is 2.05. The fraction of sp³-hybridized carbons (Fsp3) is 0.875. The van der Waals surface area contributed by atoms with Gasteiger partial charge in [-0.15, -0.1) is 0 Å². The maximum Gasteiger partial charge on any atom is 0.0686 e. The average molecular weight is 125 g/mol. The molecule has 0 bridgehead atoms. The first-order valence-corrected chi connectivity index (χ1v) is 3.45. The molecule has 52 valence electrons. The second-order valence-electron chi connectivity index (χ2n) is 3.14. The summed E-state index contributed by atoms with van der Waals surface area (Å²) in [6.07, 6.45) is 1.08. The van der Waals surface area contributed by atoms with Crippen molar-refractivity contribution in [2.75, 3.05) is 0 Å². The smallest absolute Gasteiger partial charge is 0.0686 e. The fourth-order valence-electron chi connectivity index (χ4n) is 0.621. The number of rotatable bonds is 2. The molecule has 0 aromatic heterocycles. The summed E-state index contributed by atoms with van der Waals surface area (Å²) >= 11 is 0. The van der Waals surface area contributed by atoms with Crippen molar-refractivity contribution in [1.82, 2.24) is 0 Å². The monoisotopic (exact) mass is 125 g/mol. The maximum atomic E-state index is 8.65. The molecule has 1 heteroatoms. The van der Waals surface area contributed by atoms with Crippen molar-refractivity contribution in [3.05, 3.63) is 0 Å².